The molecule has 19 heavy (non-hydrogen) atoms. The Hall–Kier alpha value is -1.84. The van der Waals surface area contributed by atoms with E-state index in [1.807, 2.05) is 19.9 Å². The zero-order chi connectivity index (χ0) is 14.2. The van der Waals surface area contributed by atoms with E-state index < -0.39 is 5.41 Å². The van der Waals surface area contributed by atoms with Crippen molar-refractivity contribution < 1.29 is 14.3 Å². The van der Waals surface area contributed by atoms with Crippen molar-refractivity contribution in [2.75, 3.05) is 18.6 Å². The molecule has 2 rings (SSSR count). The Morgan fingerprint density at radius 1 is 1.37 bits per heavy atom. The largest absolute Gasteiger partial charge is 0.462 e. The number of carbonyl (C=O) groups is 2. The molecule has 0 aliphatic carbocycles. The van der Waals surface area contributed by atoms with E-state index in [-0.39, 0.29) is 11.9 Å². The smallest absolute Gasteiger partial charge is 0.338 e. The summed E-state index contributed by atoms with van der Waals surface area (Å²) in [7, 11) is 1.77. The number of likely N-dealkylation sites (N-methyl/N-ethyl adjacent to an activating group) is 1. The second kappa shape index (κ2) is 4.68. The minimum Gasteiger partial charge on any atom is -0.462 e. The molecule has 0 saturated carbocycles. The number of carbonyl (C=O) groups excluding carboxylic acids is 2. The first-order valence-corrected chi connectivity index (χ1v) is 6.55. The van der Waals surface area contributed by atoms with Gasteiger partial charge in [0.1, 0.15) is 0 Å². The topological polar surface area (TPSA) is 46.6 Å². The summed E-state index contributed by atoms with van der Waals surface area (Å²) in [4.78, 5) is 25.8. The summed E-state index contributed by atoms with van der Waals surface area (Å²) in [6.07, 6.45) is 0.704. The van der Waals surface area contributed by atoms with E-state index in [1.54, 1.807) is 31.0 Å². The predicted octanol–water partition coefficient (Wildman–Crippen LogP) is 2.51. The van der Waals surface area contributed by atoms with Gasteiger partial charge < -0.3 is 9.64 Å². The summed E-state index contributed by atoms with van der Waals surface area (Å²) in [6, 6.07) is 5.32. The molecule has 1 amide bonds. The van der Waals surface area contributed by atoms with E-state index in [4.69, 9.17) is 4.74 Å². The third-order valence-corrected chi connectivity index (χ3v) is 3.95. The van der Waals surface area contributed by atoms with Crippen LogP contribution >= 0.6 is 0 Å². The fraction of sp³-hybridized carbons (Fsp3) is 0.467. The van der Waals surface area contributed by atoms with Crippen LogP contribution in [-0.4, -0.2) is 25.5 Å². The van der Waals surface area contributed by atoms with Gasteiger partial charge >= 0.3 is 5.97 Å². The first-order chi connectivity index (χ1) is 8.95. The van der Waals surface area contributed by atoms with Gasteiger partial charge in [-0.1, -0.05) is 6.92 Å². The van der Waals surface area contributed by atoms with Crippen molar-refractivity contribution in [3.63, 3.8) is 0 Å². The summed E-state index contributed by atoms with van der Waals surface area (Å²) in [5, 5.41) is 0. The molecule has 1 aliphatic rings. The van der Waals surface area contributed by atoms with Gasteiger partial charge in [-0.3, -0.25) is 4.79 Å². The monoisotopic (exact) mass is 261 g/mol. The van der Waals surface area contributed by atoms with Crippen LogP contribution in [0.5, 0.6) is 0 Å². The van der Waals surface area contributed by atoms with Crippen LogP contribution in [0.15, 0.2) is 18.2 Å². The normalized spacial score (nSPS) is 21.5. The number of ether oxygens (including phenoxy) is 1. The molecule has 0 spiro atoms. The van der Waals surface area contributed by atoms with Crippen molar-refractivity contribution in [1.29, 1.82) is 0 Å². The predicted molar refractivity (Wildman–Crippen MR) is 73.5 cm³/mol. The standard InChI is InChI=1S/C15H19NO3/c1-5-15(3)11-9-10(13(17)19-6-2)7-8-12(11)16(4)14(15)18/h7-9H,5-6H2,1-4H3. The van der Waals surface area contributed by atoms with Crippen molar-refractivity contribution in [2.24, 2.45) is 0 Å². The fourth-order valence-corrected chi connectivity index (χ4v) is 2.55. The maximum Gasteiger partial charge on any atom is 0.338 e. The van der Waals surface area contributed by atoms with Gasteiger partial charge in [0.25, 0.3) is 0 Å². The highest BCUT2D eigenvalue weighted by Crippen LogP contribution is 2.43. The SMILES string of the molecule is CCOC(=O)c1ccc2c(c1)C(C)(CC)C(=O)N2C. The van der Waals surface area contributed by atoms with E-state index >= 15 is 0 Å². The fourth-order valence-electron chi connectivity index (χ4n) is 2.55. The number of nitrogens with zero attached hydrogens (tertiary/aromatic N) is 1. The van der Waals surface area contributed by atoms with Crippen LogP contribution in [-0.2, 0) is 14.9 Å². The molecule has 1 atom stereocenters. The lowest BCUT2D eigenvalue weighted by molar-refractivity contribution is -0.122. The van der Waals surface area contributed by atoms with Gasteiger partial charge in [0.15, 0.2) is 0 Å². The van der Waals surface area contributed by atoms with Crippen molar-refractivity contribution in [1.82, 2.24) is 0 Å². The van der Waals surface area contributed by atoms with Gasteiger partial charge in [0.2, 0.25) is 5.91 Å². The van der Waals surface area contributed by atoms with Gasteiger partial charge in [-0.2, -0.15) is 0 Å². The molecule has 1 unspecified atom stereocenters. The van der Waals surface area contributed by atoms with Crippen LogP contribution in [0.3, 0.4) is 0 Å². The number of fused-ring (bicyclic) bond motifs is 1. The maximum atomic E-state index is 12.3. The summed E-state index contributed by atoms with van der Waals surface area (Å²) in [5.74, 6) is -0.267. The van der Waals surface area contributed by atoms with E-state index in [0.29, 0.717) is 18.6 Å². The lowest BCUT2D eigenvalue weighted by atomic mass is 9.81. The summed E-state index contributed by atoms with van der Waals surface area (Å²) >= 11 is 0. The molecule has 0 N–H and O–H groups in total. The summed E-state index contributed by atoms with van der Waals surface area (Å²) in [6.45, 7) is 6.03. The Balaban J connectivity index is 2.51. The highest BCUT2D eigenvalue weighted by Gasteiger charge is 2.44. The van der Waals surface area contributed by atoms with E-state index in [9.17, 15) is 9.59 Å². The molecule has 0 radical (unpaired) electrons. The van der Waals surface area contributed by atoms with Crippen LogP contribution in [0.1, 0.15) is 43.1 Å². The van der Waals surface area contributed by atoms with Crippen LogP contribution in [0.2, 0.25) is 0 Å². The quantitative estimate of drug-likeness (QED) is 0.785. The Kier molecular flexibility index (Phi) is 3.35. The molecule has 4 nitrogen and oxygen atoms in total. The van der Waals surface area contributed by atoms with Gasteiger partial charge in [-0.05, 0) is 44.0 Å². The molecule has 1 aliphatic heterocycles. The highest BCUT2D eigenvalue weighted by atomic mass is 16.5. The van der Waals surface area contributed by atoms with E-state index in [1.165, 1.54) is 0 Å². The molecule has 0 saturated heterocycles. The molecule has 0 bridgehead atoms. The first-order valence-electron chi connectivity index (χ1n) is 6.55. The van der Waals surface area contributed by atoms with Crippen LogP contribution in [0.25, 0.3) is 0 Å². The van der Waals surface area contributed by atoms with Gasteiger partial charge in [0.05, 0.1) is 17.6 Å². The molecule has 1 aromatic carbocycles. The number of rotatable bonds is 3. The van der Waals surface area contributed by atoms with Crippen molar-refractivity contribution in [3.8, 4) is 0 Å². The lowest BCUT2D eigenvalue weighted by Gasteiger charge is -2.21. The third kappa shape index (κ3) is 1.91. The molecule has 0 aromatic heterocycles. The lowest BCUT2D eigenvalue weighted by Crippen LogP contribution is -2.35. The molecular formula is C15H19NO3. The summed E-state index contributed by atoms with van der Waals surface area (Å²) < 4.78 is 5.01. The summed E-state index contributed by atoms with van der Waals surface area (Å²) in [5.41, 5.74) is 1.74. The number of hydrogen-bond acceptors (Lipinski definition) is 3. The van der Waals surface area contributed by atoms with E-state index in [0.717, 1.165) is 11.3 Å². The minimum absolute atomic E-state index is 0.0750. The van der Waals surface area contributed by atoms with Crippen LogP contribution in [0.4, 0.5) is 5.69 Å². The van der Waals surface area contributed by atoms with Gasteiger partial charge in [-0.15, -0.1) is 0 Å². The van der Waals surface area contributed by atoms with Crippen molar-refractivity contribution in [2.45, 2.75) is 32.6 Å². The number of hydrogen-bond donors (Lipinski definition) is 0. The number of esters is 1. The number of benzene rings is 1. The Morgan fingerprint density at radius 2 is 2.05 bits per heavy atom. The molecule has 1 heterocycles. The number of anilines is 1. The molecule has 1 aromatic rings. The zero-order valence-corrected chi connectivity index (χ0v) is 11.8. The van der Waals surface area contributed by atoms with Crippen LogP contribution in [0, 0.1) is 0 Å². The van der Waals surface area contributed by atoms with Crippen LogP contribution < -0.4 is 4.90 Å². The zero-order valence-electron chi connectivity index (χ0n) is 11.8. The second-order valence-corrected chi connectivity index (χ2v) is 5.00. The average molecular weight is 261 g/mol. The minimum atomic E-state index is -0.549. The Labute approximate surface area is 113 Å². The Morgan fingerprint density at radius 3 is 2.63 bits per heavy atom. The Bertz CT molecular complexity index is 538. The molecule has 0 fully saturated rings. The van der Waals surface area contributed by atoms with Gasteiger partial charge in [-0.25, -0.2) is 4.79 Å². The van der Waals surface area contributed by atoms with E-state index in [2.05, 4.69) is 0 Å². The molecule has 4 heteroatoms. The van der Waals surface area contributed by atoms with Crippen molar-refractivity contribution in [3.05, 3.63) is 29.3 Å². The highest BCUT2D eigenvalue weighted by molar-refractivity contribution is 6.08. The number of amides is 1. The first kappa shape index (κ1) is 13.6. The van der Waals surface area contributed by atoms with Gasteiger partial charge in [0, 0.05) is 12.7 Å². The molecular weight excluding hydrogens is 242 g/mol. The van der Waals surface area contributed by atoms with Crippen molar-refractivity contribution >= 4 is 17.6 Å². The molecule has 102 valence electrons. The average Bonchev–Trinajstić information content (AvgIpc) is 2.61. The third-order valence-electron chi connectivity index (χ3n) is 3.95. The second-order valence-electron chi connectivity index (χ2n) is 5.00. The maximum absolute atomic E-state index is 12.3.